The van der Waals surface area contributed by atoms with Crippen LogP contribution in [0.25, 0.3) is 0 Å². The standard InChI is InChI=1S/C15H21NO/c1-12-6-5-11-16(12)13-7-9-14(10-8-13)17-15(2,3)4/h7-10H,1,5-6,11H2,2-4H3. The van der Waals surface area contributed by atoms with Crippen LogP contribution in [0.4, 0.5) is 5.69 Å². The van der Waals surface area contributed by atoms with Crippen LogP contribution in [0, 0.1) is 0 Å². The lowest BCUT2D eigenvalue weighted by atomic mass is 10.2. The van der Waals surface area contributed by atoms with Crippen LogP contribution >= 0.6 is 0 Å². The Kier molecular flexibility index (Phi) is 3.14. The van der Waals surface area contributed by atoms with Gasteiger partial charge >= 0.3 is 0 Å². The smallest absolute Gasteiger partial charge is 0.120 e. The minimum atomic E-state index is -0.140. The summed E-state index contributed by atoms with van der Waals surface area (Å²) in [6.07, 6.45) is 2.32. The quantitative estimate of drug-likeness (QED) is 0.763. The molecule has 0 aromatic heterocycles. The van der Waals surface area contributed by atoms with Crippen LogP contribution in [0.15, 0.2) is 36.5 Å². The van der Waals surface area contributed by atoms with Crippen LogP contribution < -0.4 is 9.64 Å². The maximum Gasteiger partial charge on any atom is 0.120 e. The molecular formula is C15H21NO. The SMILES string of the molecule is C=C1CCCN1c1ccc(OC(C)(C)C)cc1. The van der Waals surface area contributed by atoms with E-state index in [0.29, 0.717) is 0 Å². The van der Waals surface area contributed by atoms with Gasteiger partial charge in [0.05, 0.1) is 0 Å². The Labute approximate surface area is 104 Å². The van der Waals surface area contributed by atoms with Crippen molar-refractivity contribution in [1.82, 2.24) is 0 Å². The Balaban J connectivity index is 2.10. The highest BCUT2D eigenvalue weighted by atomic mass is 16.5. The van der Waals surface area contributed by atoms with Gasteiger partial charge in [0.15, 0.2) is 0 Å². The van der Waals surface area contributed by atoms with E-state index in [9.17, 15) is 0 Å². The molecule has 1 fully saturated rings. The van der Waals surface area contributed by atoms with E-state index in [4.69, 9.17) is 4.74 Å². The van der Waals surface area contributed by atoms with Gasteiger partial charge in [0.25, 0.3) is 0 Å². The Bertz CT molecular complexity index is 400. The number of hydrogen-bond acceptors (Lipinski definition) is 2. The molecule has 1 aliphatic rings. The van der Waals surface area contributed by atoms with Gasteiger partial charge in [-0.3, -0.25) is 0 Å². The summed E-state index contributed by atoms with van der Waals surface area (Å²) in [5.41, 5.74) is 2.29. The molecule has 1 aromatic carbocycles. The predicted molar refractivity (Wildman–Crippen MR) is 72.5 cm³/mol. The molecule has 1 aliphatic heterocycles. The monoisotopic (exact) mass is 231 g/mol. The summed E-state index contributed by atoms with van der Waals surface area (Å²) < 4.78 is 5.81. The van der Waals surface area contributed by atoms with E-state index in [1.807, 2.05) is 12.1 Å². The van der Waals surface area contributed by atoms with Crippen molar-refractivity contribution in [3.05, 3.63) is 36.5 Å². The molecule has 0 unspecified atom stereocenters. The van der Waals surface area contributed by atoms with Gasteiger partial charge < -0.3 is 9.64 Å². The van der Waals surface area contributed by atoms with Crippen LogP contribution in [0.2, 0.25) is 0 Å². The van der Waals surface area contributed by atoms with E-state index in [1.165, 1.54) is 17.8 Å². The van der Waals surface area contributed by atoms with Crippen molar-refractivity contribution in [2.75, 3.05) is 11.4 Å². The number of rotatable bonds is 2. The highest BCUT2D eigenvalue weighted by Crippen LogP contribution is 2.29. The molecule has 2 nitrogen and oxygen atoms in total. The maximum absolute atomic E-state index is 5.81. The van der Waals surface area contributed by atoms with Gasteiger partial charge in [-0.05, 0) is 57.9 Å². The van der Waals surface area contributed by atoms with Gasteiger partial charge in [-0.1, -0.05) is 6.58 Å². The van der Waals surface area contributed by atoms with Gasteiger partial charge in [0, 0.05) is 17.9 Å². The zero-order chi connectivity index (χ0) is 12.5. The summed E-state index contributed by atoms with van der Waals surface area (Å²) in [4.78, 5) is 2.28. The lowest BCUT2D eigenvalue weighted by Crippen LogP contribution is -2.23. The second-order valence-corrected chi connectivity index (χ2v) is 5.53. The second-order valence-electron chi connectivity index (χ2n) is 5.53. The number of ether oxygens (including phenoxy) is 1. The van der Waals surface area contributed by atoms with E-state index in [0.717, 1.165) is 18.7 Å². The van der Waals surface area contributed by atoms with Gasteiger partial charge in [-0.2, -0.15) is 0 Å². The summed E-state index contributed by atoms with van der Waals surface area (Å²) in [5.74, 6) is 0.922. The van der Waals surface area contributed by atoms with Gasteiger partial charge in [0.1, 0.15) is 11.4 Å². The number of nitrogens with zero attached hydrogens (tertiary/aromatic N) is 1. The molecule has 0 saturated carbocycles. The molecule has 0 spiro atoms. The van der Waals surface area contributed by atoms with Gasteiger partial charge in [0.2, 0.25) is 0 Å². The van der Waals surface area contributed by atoms with E-state index < -0.39 is 0 Å². The predicted octanol–water partition coefficient (Wildman–Crippen LogP) is 3.98. The third-order valence-corrected chi connectivity index (χ3v) is 2.80. The van der Waals surface area contributed by atoms with E-state index in [-0.39, 0.29) is 5.60 Å². The second kappa shape index (κ2) is 4.44. The Morgan fingerprint density at radius 3 is 2.29 bits per heavy atom. The molecule has 0 radical (unpaired) electrons. The minimum Gasteiger partial charge on any atom is -0.488 e. The Hall–Kier alpha value is -1.44. The molecule has 1 aromatic rings. The first kappa shape index (κ1) is 12.0. The molecule has 0 bridgehead atoms. The summed E-state index contributed by atoms with van der Waals surface area (Å²) in [6, 6.07) is 8.29. The Morgan fingerprint density at radius 2 is 1.82 bits per heavy atom. The maximum atomic E-state index is 5.81. The van der Waals surface area contributed by atoms with Crippen LogP contribution in [-0.2, 0) is 0 Å². The summed E-state index contributed by atoms with van der Waals surface area (Å²) in [5, 5.41) is 0. The molecule has 2 heteroatoms. The summed E-state index contributed by atoms with van der Waals surface area (Å²) in [6.45, 7) is 11.3. The molecule has 1 saturated heterocycles. The van der Waals surface area contributed by atoms with E-state index >= 15 is 0 Å². The summed E-state index contributed by atoms with van der Waals surface area (Å²) in [7, 11) is 0. The number of anilines is 1. The molecule has 2 rings (SSSR count). The largest absolute Gasteiger partial charge is 0.488 e. The normalized spacial score (nSPS) is 16.4. The van der Waals surface area contributed by atoms with Crippen LogP contribution in [0.5, 0.6) is 5.75 Å². The number of benzene rings is 1. The first-order chi connectivity index (χ1) is 7.96. The zero-order valence-electron chi connectivity index (χ0n) is 11.0. The molecule has 0 N–H and O–H groups in total. The molecule has 1 heterocycles. The molecule has 0 atom stereocenters. The molecule has 17 heavy (non-hydrogen) atoms. The lowest BCUT2D eigenvalue weighted by molar-refractivity contribution is 0.131. The molecule has 0 amide bonds. The minimum absolute atomic E-state index is 0.140. The summed E-state index contributed by atoms with van der Waals surface area (Å²) >= 11 is 0. The average Bonchev–Trinajstić information content (AvgIpc) is 2.63. The van der Waals surface area contributed by atoms with Crippen molar-refractivity contribution in [2.24, 2.45) is 0 Å². The fraction of sp³-hybridized carbons (Fsp3) is 0.467. The van der Waals surface area contributed by atoms with Crippen molar-refractivity contribution in [3.8, 4) is 5.75 Å². The zero-order valence-corrected chi connectivity index (χ0v) is 11.0. The van der Waals surface area contributed by atoms with E-state index in [2.05, 4.69) is 44.4 Å². The van der Waals surface area contributed by atoms with Crippen molar-refractivity contribution >= 4 is 5.69 Å². The average molecular weight is 231 g/mol. The first-order valence-corrected chi connectivity index (χ1v) is 6.20. The fourth-order valence-electron chi connectivity index (χ4n) is 2.09. The highest BCUT2D eigenvalue weighted by Gasteiger charge is 2.17. The molecule has 0 aliphatic carbocycles. The number of allylic oxidation sites excluding steroid dienone is 1. The topological polar surface area (TPSA) is 12.5 Å². The highest BCUT2D eigenvalue weighted by molar-refractivity contribution is 5.54. The third-order valence-electron chi connectivity index (χ3n) is 2.80. The third kappa shape index (κ3) is 3.02. The van der Waals surface area contributed by atoms with Gasteiger partial charge in [-0.25, -0.2) is 0 Å². The van der Waals surface area contributed by atoms with Crippen LogP contribution in [0.3, 0.4) is 0 Å². The van der Waals surface area contributed by atoms with E-state index in [1.54, 1.807) is 0 Å². The molecular weight excluding hydrogens is 210 g/mol. The van der Waals surface area contributed by atoms with Crippen molar-refractivity contribution in [2.45, 2.75) is 39.2 Å². The Morgan fingerprint density at radius 1 is 1.18 bits per heavy atom. The van der Waals surface area contributed by atoms with Gasteiger partial charge in [-0.15, -0.1) is 0 Å². The number of hydrogen-bond donors (Lipinski definition) is 0. The van der Waals surface area contributed by atoms with Crippen LogP contribution in [-0.4, -0.2) is 12.1 Å². The molecule has 92 valence electrons. The lowest BCUT2D eigenvalue weighted by Gasteiger charge is -2.23. The fourth-order valence-corrected chi connectivity index (χ4v) is 2.09. The van der Waals surface area contributed by atoms with Crippen LogP contribution in [0.1, 0.15) is 33.6 Å². The first-order valence-electron chi connectivity index (χ1n) is 6.20. The van der Waals surface area contributed by atoms with Crippen molar-refractivity contribution in [1.29, 1.82) is 0 Å². The van der Waals surface area contributed by atoms with Crippen molar-refractivity contribution in [3.63, 3.8) is 0 Å². The van der Waals surface area contributed by atoms with Crippen molar-refractivity contribution < 1.29 is 4.74 Å².